The summed E-state index contributed by atoms with van der Waals surface area (Å²) < 4.78 is 0. The molecular weight excluding hydrogens is 216 g/mol. The summed E-state index contributed by atoms with van der Waals surface area (Å²) in [4.78, 5) is 15.3. The quantitative estimate of drug-likeness (QED) is 0.763. The molecule has 0 aliphatic rings. The molecule has 15 heavy (non-hydrogen) atoms. The van der Waals surface area contributed by atoms with Crippen LogP contribution in [0.3, 0.4) is 0 Å². The molecule has 1 aromatic rings. The molecule has 2 N–H and O–H groups in total. The van der Waals surface area contributed by atoms with Gasteiger partial charge in [-0.05, 0) is 25.5 Å². The number of rotatable bonds is 4. The largest absolute Gasteiger partial charge is 0.393 e. The second kappa shape index (κ2) is 5.68. The molecular formula is C10H13ClN2O2. The highest BCUT2D eigenvalue weighted by molar-refractivity contribution is 6.29. The molecule has 1 atom stereocenters. The van der Waals surface area contributed by atoms with Gasteiger partial charge in [0.05, 0.1) is 6.10 Å². The van der Waals surface area contributed by atoms with Crippen LogP contribution in [-0.4, -0.2) is 28.6 Å². The first-order chi connectivity index (χ1) is 7.09. The molecule has 0 saturated carbocycles. The maximum atomic E-state index is 11.5. The number of carbonyl (C=O) groups is 1. The van der Waals surface area contributed by atoms with E-state index in [0.29, 0.717) is 18.5 Å². The van der Waals surface area contributed by atoms with E-state index in [4.69, 9.17) is 16.7 Å². The standard InChI is InChI=1S/C10H13ClN2O2/c1-7(14)2-4-13-10(15)8-3-5-12-9(11)6-8/h3,5-7,14H,2,4H2,1H3,(H,13,15). The molecule has 0 bridgehead atoms. The zero-order chi connectivity index (χ0) is 11.3. The lowest BCUT2D eigenvalue weighted by Gasteiger charge is -2.06. The normalized spacial score (nSPS) is 12.2. The number of hydrogen-bond donors (Lipinski definition) is 2. The summed E-state index contributed by atoms with van der Waals surface area (Å²) >= 11 is 5.64. The smallest absolute Gasteiger partial charge is 0.251 e. The average Bonchev–Trinajstić information content (AvgIpc) is 2.17. The molecule has 1 amide bonds. The van der Waals surface area contributed by atoms with Crippen LogP contribution in [0.2, 0.25) is 5.15 Å². The predicted octanol–water partition coefficient (Wildman–Crippen LogP) is 1.24. The number of aliphatic hydroxyl groups is 1. The van der Waals surface area contributed by atoms with Gasteiger partial charge in [-0.1, -0.05) is 11.6 Å². The number of carbonyl (C=O) groups excluding carboxylic acids is 1. The molecule has 0 aliphatic carbocycles. The number of halogens is 1. The number of nitrogens with zero attached hydrogens (tertiary/aromatic N) is 1. The molecule has 1 unspecified atom stereocenters. The molecule has 5 heteroatoms. The van der Waals surface area contributed by atoms with E-state index in [0.717, 1.165) is 0 Å². The Hall–Kier alpha value is -1.13. The minimum absolute atomic E-state index is 0.208. The molecule has 0 saturated heterocycles. The topological polar surface area (TPSA) is 62.2 Å². The SMILES string of the molecule is CC(O)CCNC(=O)c1ccnc(Cl)c1. The Labute approximate surface area is 93.3 Å². The first-order valence-electron chi connectivity index (χ1n) is 4.67. The highest BCUT2D eigenvalue weighted by Gasteiger charge is 2.05. The van der Waals surface area contributed by atoms with Gasteiger partial charge in [-0.25, -0.2) is 4.98 Å². The third-order valence-electron chi connectivity index (χ3n) is 1.84. The first kappa shape index (κ1) is 11.9. The lowest BCUT2D eigenvalue weighted by molar-refractivity contribution is 0.0945. The number of amides is 1. The third kappa shape index (κ3) is 4.27. The van der Waals surface area contributed by atoms with Gasteiger partial charge in [0.2, 0.25) is 0 Å². The van der Waals surface area contributed by atoms with Crippen LogP contribution < -0.4 is 5.32 Å². The van der Waals surface area contributed by atoms with Crippen LogP contribution in [0.15, 0.2) is 18.3 Å². The molecule has 0 aliphatic heterocycles. The Bertz CT molecular complexity index is 342. The van der Waals surface area contributed by atoms with Crippen molar-refractivity contribution in [1.82, 2.24) is 10.3 Å². The minimum atomic E-state index is -0.411. The van der Waals surface area contributed by atoms with Crippen LogP contribution in [-0.2, 0) is 0 Å². The van der Waals surface area contributed by atoms with Crippen molar-refractivity contribution < 1.29 is 9.90 Å². The van der Waals surface area contributed by atoms with Gasteiger partial charge >= 0.3 is 0 Å². The van der Waals surface area contributed by atoms with E-state index in [2.05, 4.69) is 10.3 Å². The van der Waals surface area contributed by atoms with Gasteiger partial charge in [0.1, 0.15) is 5.15 Å². The highest BCUT2D eigenvalue weighted by Crippen LogP contribution is 2.06. The van der Waals surface area contributed by atoms with E-state index >= 15 is 0 Å². The predicted molar refractivity (Wildman–Crippen MR) is 57.9 cm³/mol. The minimum Gasteiger partial charge on any atom is -0.393 e. The van der Waals surface area contributed by atoms with Crippen molar-refractivity contribution in [3.63, 3.8) is 0 Å². The van der Waals surface area contributed by atoms with Crippen LogP contribution in [0, 0.1) is 0 Å². The lowest BCUT2D eigenvalue weighted by atomic mass is 10.2. The van der Waals surface area contributed by atoms with Crippen molar-refractivity contribution in [1.29, 1.82) is 0 Å². The van der Waals surface area contributed by atoms with Gasteiger partial charge < -0.3 is 10.4 Å². The van der Waals surface area contributed by atoms with Crippen LogP contribution in [0.1, 0.15) is 23.7 Å². The molecule has 0 radical (unpaired) electrons. The maximum Gasteiger partial charge on any atom is 0.251 e. The maximum absolute atomic E-state index is 11.5. The average molecular weight is 229 g/mol. The molecule has 0 spiro atoms. The summed E-state index contributed by atoms with van der Waals surface area (Å²) in [5.74, 6) is -0.208. The van der Waals surface area contributed by atoms with Crippen LogP contribution in [0.4, 0.5) is 0 Å². The zero-order valence-electron chi connectivity index (χ0n) is 8.40. The van der Waals surface area contributed by atoms with Gasteiger partial charge in [-0.3, -0.25) is 4.79 Å². The van der Waals surface area contributed by atoms with Gasteiger partial charge in [-0.2, -0.15) is 0 Å². The van der Waals surface area contributed by atoms with E-state index in [-0.39, 0.29) is 11.1 Å². The summed E-state index contributed by atoms with van der Waals surface area (Å²) in [7, 11) is 0. The van der Waals surface area contributed by atoms with Crippen molar-refractivity contribution in [2.75, 3.05) is 6.54 Å². The number of pyridine rings is 1. The molecule has 4 nitrogen and oxygen atoms in total. The Balaban J connectivity index is 2.47. The Morgan fingerprint density at radius 3 is 3.07 bits per heavy atom. The Kier molecular flexibility index (Phi) is 4.52. The van der Waals surface area contributed by atoms with Crippen LogP contribution in [0.25, 0.3) is 0 Å². The monoisotopic (exact) mass is 228 g/mol. The molecule has 0 fully saturated rings. The Morgan fingerprint density at radius 1 is 1.73 bits per heavy atom. The van der Waals surface area contributed by atoms with E-state index in [1.165, 1.54) is 12.3 Å². The number of aromatic nitrogens is 1. The number of aliphatic hydroxyl groups excluding tert-OH is 1. The van der Waals surface area contributed by atoms with E-state index in [1.54, 1.807) is 13.0 Å². The van der Waals surface area contributed by atoms with E-state index in [9.17, 15) is 4.79 Å². The third-order valence-corrected chi connectivity index (χ3v) is 2.04. The summed E-state index contributed by atoms with van der Waals surface area (Å²) in [6.45, 7) is 2.12. The zero-order valence-corrected chi connectivity index (χ0v) is 9.16. The molecule has 82 valence electrons. The van der Waals surface area contributed by atoms with Gasteiger partial charge in [0, 0.05) is 18.3 Å². The molecule has 1 aromatic heterocycles. The van der Waals surface area contributed by atoms with E-state index < -0.39 is 6.10 Å². The van der Waals surface area contributed by atoms with Crippen molar-refractivity contribution in [2.45, 2.75) is 19.4 Å². The molecule has 1 rings (SSSR count). The van der Waals surface area contributed by atoms with Gasteiger partial charge in [0.15, 0.2) is 0 Å². The fourth-order valence-corrected chi connectivity index (χ4v) is 1.21. The molecule has 1 heterocycles. The number of nitrogens with one attached hydrogen (secondary N) is 1. The Morgan fingerprint density at radius 2 is 2.47 bits per heavy atom. The summed E-state index contributed by atoms with van der Waals surface area (Å²) in [5, 5.41) is 12.0. The van der Waals surface area contributed by atoms with Crippen LogP contribution >= 0.6 is 11.6 Å². The van der Waals surface area contributed by atoms with Crippen molar-refractivity contribution in [3.8, 4) is 0 Å². The number of hydrogen-bond acceptors (Lipinski definition) is 3. The second-order valence-electron chi connectivity index (χ2n) is 3.26. The first-order valence-corrected chi connectivity index (χ1v) is 5.05. The van der Waals surface area contributed by atoms with Crippen molar-refractivity contribution in [3.05, 3.63) is 29.0 Å². The highest BCUT2D eigenvalue weighted by atomic mass is 35.5. The lowest BCUT2D eigenvalue weighted by Crippen LogP contribution is -2.26. The fraction of sp³-hybridized carbons (Fsp3) is 0.400. The van der Waals surface area contributed by atoms with Crippen molar-refractivity contribution >= 4 is 17.5 Å². The van der Waals surface area contributed by atoms with Gasteiger partial charge in [0.25, 0.3) is 5.91 Å². The van der Waals surface area contributed by atoms with Crippen LogP contribution in [0.5, 0.6) is 0 Å². The molecule has 0 aromatic carbocycles. The van der Waals surface area contributed by atoms with Crippen molar-refractivity contribution in [2.24, 2.45) is 0 Å². The summed E-state index contributed by atoms with van der Waals surface area (Å²) in [6, 6.07) is 3.09. The summed E-state index contributed by atoms with van der Waals surface area (Å²) in [5.41, 5.74) is 0.473. The van der Waals surface area contributed by atoms with Gasteiger partial charge in [-0.15, -0.1) is 0 Å². The van der Waals surface area contributed by atoms with E-state index in [1.807, 2.05) is 0 Å². The summed E-state index contributed by atoms with van der Waals surface area (Å²) in [6.07, 6.45) is 1.60. The second-order valence-corrected chi connectivity index (χ2v) is 3.65. The fourth-order valence-electron chi connectivity index (χ4n) is 1.04.